The van der Waals surface area contributed by atoms with Crippen LogP contribution >= 0.6 is 0 Å². The minimum atomic E-state index is -0.928. The molecule has 0 aromatic heterocycles. The third-order valence-electron chi connectivity index (χ3n) is 2.82. The third-order valence-corrected chi connectivity index (χ3v) is 2.82. The summed E-state index contributed by atoms with van der Waals surface area (Å²) in [5.41, 5.74) is -0.544. The van der Waals surface area contributed by atoms with Crippen LogP contribution in [0.15, 0.2) is 0 Å². The fourth-order valence-corrected chi connectivity index (χ4v) is 1.85. The highest BCUT2D eigenvalue weighted by Crippen LogP contribution is 2.36. The molecule has 0 aromatic rings. The van der Waals surface area contributed by atoms with Crippen LogP contribution in [0.25, 0.3) is 0 Å². The minimum absolute atomic E-state index is 0.112. The molecule has 0 radical (unpaired) electrons. The molecule has 0 heterocycles. The van der Waals surface area contributed by atoms with E-state index in [-0.39, 0.29) is 18.3 Å². The Morgan fingerprint density at radius 3 is 2.25 bits per heavy atom. The zero-order chi connectivity index (χ0) is 12.3. The summed E-state index contributed by atoms with van der Waals surface area (Å²) in [4.78, 5) is 22.6. The summed E-state index contributed by atoms with van der Waals surface area (Å²) in [6, 6.07) is 0. The molecule has 1 rings (SSSR count). The highest BCUT2D eigenvalue weighted by atomic mass is 16.6. The molecule has 92 valence electrons. The van der Waals surface area contributed by atoms with Crippen LogP contribution in [0, 0.1) is 11.8 Å². The maximum atomic E-state index is 11.8. The summed E-state index contributed by atoms with van der Waals surface area (Å²) in [5, 5.41) is 8.79. The van der Waals surface area contributed by atoms with E-state index in [9.17, 15) is 9.59 Å². The van der Waals surface area contributed by atoms with Gasteiger partial charge < -0.3 is 9.84 Å². The fraction of sp³-hybridized carbons (Fsp3) is 0.833. The monoisotopic (exact) mass is 228 g/mol. The Bertz CT molecular complexity index is 273. The Kier molecular flexibility index (Phi) is 3.94. The number of carbonyl (C=O) groups is 2. The Balaban J connectivity index is 2.60. The number of esters is 1. The van der Waals surface area contributed by atoms with Crippen LogP contribution < -0.4 is 0 Å². The van der Waals surface area contributed by atoms with Crippen molar-refractivity contribution in [3.05, 3.63) is 0 Å². The molecule has 4 heteroatoms. The highest BCUT2D eigenvalue weighted by molar-refractivity contribution is 5.79. The third kappa shape index (κ3) is 3.83. The molecule has 16 heavy (non-hydrogen) atoms. The van der Waals surface area contributed by atoms with Crippen molar-refractivity contribution < 1.29 is 19.4 Å². The topological polar surface area (TPSA) is 63.6 Å². The molecular weight excluding hydrogens is 208 g/mol. The lowest BCUT2D eigenvalue weighted by Gasteiger charge is -2.33. The van der Waals surface area contributed by atoms with Crippen LogP contribution in [0.5, 0.6) is 0 Å². The lowest BCUT2D eigenvalue weighted by molar-refractivity contribution is -0.166. The van der Waals surface area contributed by atoms with E-state index in [1.165, 1.54) is 0 Å². The van der Waals surface area contributed by atoms with E-state index < -0.39 is 17.5 Å². The SMILES string of the molecule is CC(C)(C)OC(=O)[C@H](CC(=O)O)C1CCC1. The van der Waals surface area contributed by atoms with Gasteiger partial charge in [-0.1, -0.05) is 6.42 Å². The number of aliphatic carboxylic acids is 1. The second kappa shape index (κ2) is 4.85. The number of carboxylic acid groups (broad SMARTS) is 1. The predicted octanol–water partition coefficient (Wildman–Crippen LogP) is 2.22. The molecule has 0 saturated heterocycles. The van der Waals surface area contributed by atoms with Gasteiger partial charge in [0.15, 0.2) is 0 Å². The van der Waals surface area contributed by atoms with Gasteiger partial charge in [-0.3, -0.25) is 9.59 Å². The Labute approximate surface area is 96.0 Å². The van der Waals surface area contributed by atoms with Crippen LogP contribution in [0.2, 0.25) is 0 Å². The molecular formula is C12H20O4. The van der Waals surface area contributed by atoms with Gasteiger partial charge in [-0.25, -0.2) is 0 Å². The van der Waals surface area contributed by atoms with Crippen molar-refractivity contribution in [2.24, 2.45) is 11.8 Å². The maximum Gasteiger partial charge on any atom is 0.310 e. The van der Waals surface area contributed by atoms with Crippen molar-refractivity contribution in [2.45, 2.75) is 52.1 Å². The summed E-state index contributed by atoms with van der Waals surface area (Å²) in [6.45, 7) is 5.39. The van der Waals surface area contributed by atoms with Gasteiger partial charge in [-0.05, 0) is 39.5 Å². The number of carboxylic acids is 1. The van der Waals surface area contributed by atoms with E-state index in [0.29, 0.717) is 0 Å². The largest absolute Gasteiger partial charge is 0.481 e. The summed E-state index contributed by atoms with van der Waals surface area (Å²) >= 11 is 0. The van der Waals surface area contributed by atoms with Crippen molar-refractivity contribution >= 4 is 11.9 Å². The average molecular weight is 228 g/mol. The van der Waals surface area contributed by atoms with Crippen molar-refractivity contribution in [2.75, 3.05) is 0 Å². The molecule has 1 saturated carbocycles. The number of hydrogen-bond donors (Lipinski definition) is 1. The Hall–Kier alpha value is -1.06. The number of carbonyl (C=O) groups excluding carboxylic acids is 1. The van der Waals surface area contributed by atoms with Crippen LogP contribution in [-0.2, 0) is 14.3 Å². The van der Waals surface area contributed by atoms with Crippen molar-refractivity contribution in [1.82, 2.24) is 0 Å². The van der Waals surface area contributed by atoms with E-state index in [4.69, 9.17) is 9.84 Å². The van der Waals surface area contributed by atoms with Crippen molar-refractivity contribution in [1.29, 1.82) is 0 Å². The van der Waals surface area contributed by atoms with Gasteiger partial charge in [-0.15, -0.1) is 0 Å². The van der Waals surface area contributed by atoms with Gasteiger partial charge in [0.05, 0.1) is 12.3 Å². The van der Waals surface area contributed by atoms with Gasteiger partial charge in [0, 0.05) is 0 Å². The van der Waals surface area contributed by atoms with Gasteiger partial charge in [0.1, 0.15) is 5.60 Å². The lowest BCUT2D eigenvalue weighted by Crippen LogP contribution is -2.36. The summed E-state index contributed by atoms with van der Waals surface area (Å²) in [6.07, 6.45) is 2.86. The van der Waals surface area contributed by atoms with Gasteiger partial charge in [-0.2, -0.15) is 0 Å². The lowest BCUT2D eigenvalue weighted by atomic mass is 9.74. The first-order chi connectivity index (χ1) is 7.29. The zero-order valence-corrected chi connectivity index (χ0v) is 10.2. The summed E-state index contributed by atoms with van der Waals surface area (Å²) in [5.74, 6) is -1.56. The Morgan fingerprint density at radius 2 is 1.94 bits per heavy atom. The van der Waals surface area contributed by atoms with Crippen LogP contribution in [0.1, 0.15) is 46.5 Å². The second-order valence-electron chi connectivity index (χ2n) is 5.43. The van der Waals surface area contributed by atoms with E-state index >= 15 is 0 Å². The smallest absolute Gasteiger partial charge is 0.310 e. The van der Waals surface area contributed by atoms with Crippen LogP contribution in [0.3, 0.4) is 0 Å². The van der Waals surface area contributed by atoms with E-state index in [1.54, 1.807) is 20.8 Å². The first-order valence-corrected chi connectivity index (χ1v) is 5.74. The predicted molar refractivity (Wildman–Crippen MR) is 58.9 cm³/mol. The quantitative estimate of drug-likeness (QED) is 0.749. The molecule has 0 aliphatic heterocycles. The average Bonchev–Trinajstić information content (AvgIpc) is 1.95. The molecule has 1 N–H and O–H groups in total. The standard InChI is InChI=1S/C12H20O4/c1-12(2,3)16-11(15)9(7-10(13)14)8-5-4-6-8/h8-9H,4-7H2,1-3H3,(H,13,14)/t9-/m1/s1. The molecule has 4 nitrogen and oxygen atoms in total. The molecule has 0 amide bonds. The molecule has 1 aliphatic carbocycles. The number of ether oxygens (including phenoxy) is 1. The molecule has 0 bridgehead atoms. The molecule has 1 aliphatic rings. The highest BCUT2D eigenvalue weighted by Gasteiger charge is 2.36. The maximum absolute atomic E-state index is 11.8. The summed E-state index contributed by atoms with van der Waals surface area (Å²) < 4.78 is 5.26. The number of hydrogen-bond acceptors (Lipinski definition) is 3. The molecule has 0 spiro atoms. The first kappa shape index (κ1) is 13.0. The first-order valence-electron chi connectivity index (χ1n) is 5.74. The Morgan fingerprint density at radius 1 is 1.38 bits per heavy atom. The van der Waals surface area contributed by atoms with E-state index in [0.717, 1.165) is 19.3 Å². The molecule has 1 atom stereocenters. The zero-order valence-electron chi connectivity index (χ0n) is 10.2. The van der Waals surface area contributed by atoms with Gasteiger partial charge in [0.25, 0.3) is 0 Å². The minimum Gasteiger partial charge on any atom is -0.481 e. The normalized spacial score (nSPS) is 18.7. The van der Waals surface area contributed by atoms with Crippen LogP contribution in [0.4, 0.5) is 0 Å². The van der Waals surface area contributed by atoms with Crippen LogP contribution in [-0.4, -0.2) is 22.6 Å². The number of rotatable bonds is 4. The fourth-order valence-electron chi connectivity index (χ4n) is 1.85. The molecule has 0 unspecified atom stereocenters. The van der Waals surface area contributed by atoms with Crippen molar-refractivity contribution in [3.8, 4) is 0 Å². The molecule has 0 aromatic carbocycles. The molecule has 1 fully saturated rings. The summed E-state index contributed by atoms with van der Waals surface area (Å²) in [7, 11) is 0. The van der Waals surface area contributed by atoms with Gasteiger partial charge >= 0.3 is 11.9 Å². The second-order valence-corrected chi connectivity index (χ2v) is 5.43. The van der Waals surface area contributed by atoms with Crippen molar-refractivity contribution in [3.63, 3.8) is 0 Å². The van der Waals surface area contributed by atoms with E-state index in [2.05, 4.69) is 0 Å². The van der Waals surface area contributed by atoms with Gasteiger partial charge in [0.2, 0.25) is 0 Å². The van der Waals surface area contributed by atoms with E-state index in [1.807, 2.05) is 0 Å².